The molecule has 0 N–H and O–H groups in total. The molecule has 2 aromatic heterocycles. The molecule has 2 heterocycles. The molecular formula is C42H24N2S. The first-order valence-corrected chi connectivity index (χ1v) is 16.1. The molecule has 0 spiro atoms. The minimum absolute atomic E-state index is 0.739. The molecule has 0 aliphatic heterocycles. The summed E-state index contributed by atoms with van der Waals surface area (Å²) in [6.45, 7) is 0. The molecule has 0 unspecified atom stereocenters. The van der Waals surface area contributed by atoms with Crippen molar-refractivity contribution < 1.29 is 0 Å². The minimum atomic E-state index is 0.739. The van der Waals surface area contributed by atoms with Gasteiger partial charge in [-0.1, -0.05) is 127 Å². The van der Waals surface area contributed by atoms with E-state index in [1.165, 1.54) is 63.3 Å². The van der Waals surface area contributed by atoms with Gasteiger partial charge < -0.3 is 0 Å². The smallest absolute Gasteiger partial charge is 0.160 e. The molecule has 208 valence electrons. The predicted octanol–water partition coefficient (Wildman–Crippen LogP) is 11.9. The van der Waals surface area contributed by atoms with Crippen LogP contribution >= 0.6 is 11.3 Å². The number of fused-ring (bicyclic) bond motifs is 13. The largest absolute Gasteiger partial charge is 0.228 e. The molecule has 0 atom stereocenters. The van der Waals surface area contributed by atoms with E-state index in [2.05, 4.69) is 146 Å². The second-order valence-corrected chi connectivity index (χ2v) is 12.8. The lowest BCUT2D eigenvalue weighted by atomic mass is 9.92. The third kappa shape index (κ3) is 3.62. The first-order chi connectivity index (χ1) is 22.3. The number of aromatic nitrogens is 2. The van der Waals surface area contributed by atoms with Crippen molar-refractivity contribution in [1.29, 1.82) is 0 Å². The third-order valence-electron chi connectivity index (χ3n) is 9.24. The van der Waals surface area contributed by atoms with E-state index >= 15 is 0 Å². The normalized spacial score (nSPS) is 12.0. The second kappa shape index (κ2) is 9.43. The molecule has 0 amide bonds. The van der Waals surface area contributed by atoms with Gasteiger partial charge in [0.15, 0.2) is 5.82 Å². The summed E-state index contributed by atoms with van der Waals surface area (Å²) in [6.07, 6.45) is 0. The van der Waals surface area contributed by atoms with E-state index in [9.17, 15) is 0 Å². The Bertz CT molecular complexity index is 2790. The van der Waals surface area contributed by atoms with Crippen LogP contribution in [0.25, 0.3) is 96.8 Å². The summed E-state index contributed by atoms with van der Waals surface area (Å²) in [5, 5.41) is 13.7. The highest BCUT2D eigenvalue weighted by atomic mass is 32.1. The average Bonchev–Trinajstić information content (AvgIpc) is 3.50. The minimum Gasteiger partial charge on any atom is -0.228 e. The summed E-state index contributed by atoms with van der Waals surface area (Å²) >= 11 is 1.90. The van der Waals surface area contributed by atoms with Crippen molar-refractivity contribution in [1.82, 2.24) is 9.97 Å². The zero-order valence-corrected chi connectivity index (χ0v) is 25.0. The standard InChI is InChI=1S/C42H24N2S/c1-2-11-26(12-3-1)40-39-28-13-5-4-10-25(28)19-23-36(39)43-42(44-40)27-18-20-30-33-21-22-34-31-15-8-9-17-37(31)45-41(34)38(33)32-16-7-6-14-29(32)35(30)24-27/h1-24H. The van der Waals surface area contributed by atoms with E-state index in [0.717, 1.165) is 33.5 Å². The predicted molar refractivity (Wildman–Crippen MR) is 193 cm³/mol. The molecule has 0 fully saturated rings. The molecule has 2 nitrogen and oxygen atoms in total. The van der Waals surface area contributed by atoms with Gasteiger partial charge in [0, 0.05) is 42.1 Å². The van der Waals surface area contributed by atoms with Crippen LogP contribution < -0.4 is 0 Å². The molecule has 10 aromatic rings. The molecule has 0 bridgehead atoms. The summed E-state index contributed by atoms with van der Waals surface area (Å²) < 4.78 is 2.68. The van der Waals surface area contributed by atoms with Crippen LogP contribution in [0, 0.1) is 0 Å². The van der Waals surface area contributed by atoms with Crippen molar-refractivity contribution in [3.05, 3.63) is 146 Å². The van der Waals surface area contributed by atoms with Crippen LogP contribution in [0.2, 0.25) is 0 Å². The second-order valence-electron chi connectivity index (χ2n) is 11.7. The van der Waals surface area contributed by atoms with Gasteiger partial charge >= 0.3 is 0 Å². The van der Waals surface area contributed by atoms with Gasteiger partial charge in [-0.3, -0.25) is 0 Å². The van der Waals surface area contributed by atoms with Gasteiger partial charge in [-0.2, -0.15) is 0 Å². The fourth-order valence-corrected chi connectivity index (χ4v) is 8.46. The van der Waals surface area contributed by atoms with Crippen LogP contribution in [0.5, 0.6) is 0 Å². The Morgan fingerprint density at radius 3 is 1.96 bits per heavy atom. The Morgan fingerprint density at radius 1 is 0.400 bits per heavy atom. The molecule has 45 heavy (non-hydrogen) atoms. The first-order valence-electron chi connectivity index (χ1n) is 15.3. The number of nitrogens with zero attached hydrogens (tertiary/aromatic N) is 2. The summed E-state index contributed by atoms with van der Waals surface area (Å²) in [5.41, 5.74) is 4.02. The molecule has 0 radical (unpaired) electrons. The van der Waals surface area contributed by atoms with Crippen molar-refractivity contribution in [2.24, 2.45) is 0 Å². The van der Waals surface area contributed by atoms with Crippen molar-refractivity contribution in [2.75, 3.05) is 0 Å². The van der Waals surface area contributed by atoms with Crippen molar-refractivity contribution in [2.45, 2.75) is 0 Å². The van der Waals surface area contributed by atoms with Crippen LogP contribution in [0.3, 0.4) is 0 Å². The fourth-order valence-electron chi connectivity index (χ4n) is 7.19. The van der Waals surface area contributed by atoms with Crippen LogP contribution in [-0.4, -0.2) is 9.97 Å². The van der Waals surface area contributed by atoms with Crippen molar-refractivity contribution in [3.63, 3.8) is 0 Å². The lowest BCUT2D eigenvalue weighted by molar-refractivity contribution is 1.23. The SMILES string of the molecule is c1ccc(-c2nc(-c3ccc4c(c3)c3ccccc3c3c4ccc4c5ccccc5sc43)nc3ccc4ccccc4c23)cc1. The molecule has 8 aromatic carbocycles. The summed E-state index contributed by atoms with van der Waals surface area (Å²) in [6, 6.07) is 52.3. The van der Waals surface area contributed by atoms with Gasteiger partial charge in [-0.25, -0.2) is 9.97 Å². The Morgan fingerprint density at radius 2 is 1.07 bits per heavy atom. The molecule has 0 aliphatic rings. The zero-order valence-electron chi connectivity index (χ0n) is 24.2. The van der Waals surface area contributed by atoms with Crippen molar-refractivity contribution in [3.8, 4) is 22.6 Å². The number of hydrogen-bond donors (Lipinski definition) is 0. The lowest BCUT2D eigenvalue weighted by Crippen LogP contribution is -1.96. The summed E-state index contributed by atoms with van der Waals surface area (Å²) in [4.78, 5) is 10.5. The van der Waals surface area contributed by atoms with E-state index in [-0.39, 0.29) is 0 Å². The van der Waals surface area contributed by atoms with Gasteiger partial charge in [0.05, 0.1) is 11.2 Å². The maximum Gasteiger partial charge on any atom is 0.160 e. The molecule has 0 saturated heterocycles. The number of thiophene rings is 1. The maximum atomic E-state index is 5.30. The van der Waals surface area contributed by atoms with Gasteiger partial charge in [0.1, 0.15) is 0 Å². The number of hydrogen-bond acceptors (Lipinski definition) is 3. The fraction of sp³-hybridized carbons (Fsp3) is 0. The maximum absolute atomic E-state index is 5.30. The van der Waals surface area contributed by atoms with Crippen LogP contribution in [0.1, 0.15) is 0 Å². The van der Waals surface area contributed by atoms with Gasteiger partial charge in [0.25, 0.3) is 0 Å². The molecular weight excluding hydrogens is 565 g/mol. The van der Waals surface area contributed by atoms with Gasteiger partial charge in [-0.15, -0.1) is 11.3 Å². The highest BCUT2D eigenvalue weighted by Gasteiger charge is 2.17. The van der Waals surface area contributed by atoms with E-state index in [4.69, 9.17) is 9.97 Å². The van der Waals surface area contributed by atoms with Crippen LogP contribution in [0.4, 0.5) is 0 Å². The van der Waals surface area contributed by atoms with E-state index in [1.54, 1.807) is 0 Å². The van der Waals surface area contributed by atoms with E-state index in [1.807, 2.05) is 11.3 Å². The van der Waals surface area contributed by atoms with Gasteiger partial charge in [0.2, 0.25) is 0 Å². The molecule has 0 aliphatic carbocycles. The van der Waals surface area contributed by atoms with Crippen LogP contribution in [0.15, 0.2) is 146 Å². The number of rotatable bonds is 2. The van der Waals surface area contributed by atoms with E-state index in [0.29, 0.717) is 0 Å². The topological polar surface area (TPSA) is 25.8 Å². The number of benzene rings is 8. The Kier molecular flexibility index (Phi) is 5.19. The highest BCUT2D eigenvalue weighted by molar-refractivity contribution is 7.26. The van der Waals surface area contributed by atoms with Crippen LogP contribution in [-0.2, 0) is 0 Å². The third-order valence-corrected chi connectivity index (χ3v) is 10.4. The zero-order chi connectivity index (χ0) is 29.5. The molecule has 0 saturated carbocycles. The lowest BCUT2D eigenvalue weighted by Gasteiger charge is -2.14. The van der Waals surface area contributed by atoms with Crippen molar-refractivity contribution >= 4 is 85.5 Å². The highest BCUT2D eigenvalue weighted by Crippen LogP contribution is 2.45. The Balaban J connectivity index is 1.28. The summed E-state index contributed by atoms with van der Waals surface area (Å²) in [5.74, 6) is 0.739. The molecule has 10 rings (SSSR count). The van der Waals surface area contributed by atoms with E-state index < -0.39 is 0 Å². The monoisotopic (exact) mass is 588 g/mol. The Hall–Kier alpha value is -5.64. The average molecular weight is 589 g/mol. The summed E-state index contributed by atoms with van der Waals surface area (Å²) in [7, 11) is 0. The Labute approximate surface area is 262 Å². The quantitative estimate of drug-likeness (QED) is 0.188. The van der Waals surface area contributed by atoms with Gasteiger partial charge in [-0.05, 0) is 55.9 Å². The molecule has 3 heteroatoms. The first kappa shape index (κ1) is 24.8.